The number of aryl methyl sites for hydroxylation is 1. The number of benzene rings is 1. The molecule has 1 N–H and O–H groups in total. The first-order chi connectivity index (χ1) is 8.11. The molecular formula is C13H13FN2O. The van der Waals surface area contributed by atoms with Gasteiger partial charge >= 0.3 is 0 Å². The molecule has 0 aromatic heterocycles. The predicted octanol–water partition coefficient (Wildman–Crippen LogP) is 2.40. The van der Waals surface area contributed by atoms with Gasteiger partial charge in [0.15, 0.2) is 5.78 Å². The first kappa shape index (κ1) is 11.6. The zero-order valence-electron chi connectivity index (χ0n) is 9.59. The quantitative estimate of drug-likeness (QED) is 0.867. The van der Waals surface area contributed by atoms with Crippen LogP contribution >= 0.6 is 0 Å². The highest BCUT2D eigenvalue weighted by molar-refractivity contribution is 5.87. The zero-order chi connectivity index (χ0) is 12.4. The molecule has 1 aromatic carbocycles. The molecule has 0 spiro atoms. The van der Waals surface area contributed by atoms with Crippen molar-refractivity contribution in [1.29, 1.82) is 5.26 Å². The molecule has 1 aromatic rings. The van der Waals surface area contributed by atoms with Crippen molar-refractivity contribution >= 4 is 11.5 Å². The molecule has 0 unspecified atom stereocenters. The molecule has 88 valence electrons. The number of nitrogens with one attached hydrogen (secondary N) is 1. The average Bonchev–Trinajstić information content (AvgIpc) is 3.11. The van der Waals surface area contributed by atoms with Gasteiger partial charge in [-0.1, -0.05) is 0 Å². The number of nitriles is 1. The van der Waals surface area contributed by atoms with Crippen LogP contribution in [0.1, 0.15) is 24.0 Å². The molecule has 0 bridgehead atoms. The molecule has 1 fully saturated rings. The third kappa shape index (κ3) is 2.62. The molecule has 1 saturated carbocycles. The smallest absolute Gasteiger partial charge is 0.154 e. The number of ketones is 1. The third-order valence-corrected chi connectivity index (χ3v) is 2.92. The minimum atomic E-state index is -0.524. The SMILES string of the molecule is Cc1cc(F)c(C#N)cc1NCC(=O)C1CC1. The number of Topliss-reactive ketones (excluding diaryl/α,β-unsaturated/α-hetero) is 1. The lowest BCUT2D eigenvalue weighted by molar-refractivity contribution is -0.118. The summed E-state index contributed by atoms with van der Waals surface area (Å²) in [6, 6.07) is 4.54. The Morgan fingerprint density at radius 1 is 1.59 bits per heavy atom. The summed E-state index contributed by atoms with van der Waals surface area (Å²) < 4.78 is 13.3. The second kappa shape index (κ2) is 4.54. The van der Waals surface area contributed by atoms with Crippen LogP contribution in [0.25, 0.3) is 0 Å². The topological polar surface area (TPSA) is 52.9 Å². The minimum absolute atomic E-state index is 0.00280. The van der Waals surface area contributed by atoms with E-state index in [0.29, 0.717) is 11.3 Å². The summed E-state index contributed by atoms with van der Waals surface area (Å²) in [5, 5.41) is 11.7. The van der Waals surface area contributed by atoms with E-state index in [2.05, 4.69) is 5.32 Å². The second-order valence-electron chi connectivity index (χ2n) is 4.35. The van der Waals surface area contributed by atoms with Crippen LogP contribution in [0.4, 0.5) is 10.1 Å². The largest absolute Gasteiger partial charge is 0.378 e. The number of anilines is 1. The second-order valence-corrected chi connectivity index (χ2v) is 4.35. The molecule has 1 aliphatic carbocycles. The van der Waals surface area contributed by atoms with Crippen LogP contribution < -0.4 is 5.32 Å². The van der Waals surface area contributed by atoms with E-state index in [1.54, 1.807) is 13.0 Å². The fourth-order valence-electron chi connectivity index (χ4n) is 1.68. The van der Waals surface area contributed by atoms with Gasteiger partial charge in [-0.15, -0.1) is 0 Å². The molecule has 0 amide bonds. The first-order valence-electron chi connectivity index (χ1n) is 5.58. The van der Waals surface area contributed by atoms with E-state index in [-0.39, 0.29) is 23.8 Å². The van der Waals surface area contributed by atoms with Gasteiger partial charge in [-0.05, 0) is 37.5 Å². The van der Waals surface area contributed by atoms with Gasteiger partial charge in [0, 0.05) is 11.6 Å². The lowest BCUT2D eigenvalue weighted by atomic mass is 10.1. The van der Waals surface area contributed by atoms with Crippen molar-refractivity contribution in [2.75, 3.05) is 11.9 Å². The molecule has 3 nitrogen and oxygen atoms in total. The summed E-state index contributed by atoms with van der Waals surface area (Å²) in [6.07, 6.45) is 1.96. The Hall–Kier alpha value is -1.89. The van der Waals surface area contributed by atoms with Crippen LogP contribution in [0.3, 0.4) is 0 Å². The van der Waals surface area contributed by atoms with Gasteiger partial charge in [0.2, 0.25) is 0 Å². The Balaban J connectivity index is 2.09. The van der Waals surface area contributed by atoms with Crippen LogP contribution in [0, 0.1) is 30.0 Å². The standard InChI is InChI=1S/C13H13FN2O/c1-8-4-11(14)10(6-15)5-12(8)16-7-13(17)9-2-3-9/h4-5,9,16H,2-3,7H2,1H3. The van der Waals surface area contributed by atoms with Gasteiger partial charge in [-0.2, -0.15) is 5.26 Å². The average molecular weight is 232 g/mol. The Morgan fingerprint density at radius 3 is 2.88 bits per heavy atom. The fourth-order valence-corrected chi connectivity index (χ4v) is 1.68. The van der Waals surface area contributed by atoms with Crippen LogP contribution in [0.15, 0.2) is 12.1 Å². The fraction of sp³-hybridized carbons (Fsp3) is 0.385. The summed E-state index contributed by atoms with van der Waals surface area (Å²) in [7, 11) is 0. The summed E-state index contributed by atoms with van der Waals surface area (Å²) in [4.78, 5) is 11.5. The van der Waals surface area contributed by atoms with E-state index >= 15 is 0 Å². The number of nitrogens with zero attached hydrogens (tertiary/aromatic N) is 1. The molecular weight excluding hydrogens is 219 g/mol. The maximum atomic E-state index is 13.3. The number of halogens is 1. The van der Waals surface area contributed by atoms with E-state index in [1.165, 1.54) is 12.1 Å². The van der Waals surface area contributed by atoms with Gasteiger partial charge in [-0.25, -0.2) is 4.39 Å². The summed E-state index contributed by atoms with van der Waals surface area (Å²) in [5.41, 5.74) is 1.35. The van der Waals surface area contributed by atoms with Gasteiger partial charge in [0.25, 0.3) is 0 Å². The molecule has 0 aliphatic heterocycles. The number of hydrogen-bond acceptors (Lipinski definition) is 3. The van der Waals surface area contributed by atoms with Crippen LogP contribution in [-0.4, -0.2) is 12.3 Å². The molecule has 0 saturated heterocycles. The van der Waals surface area contributed by atoms with Gasteiger partial charge in [-0.3, -0.25) is 4.79 Å². The molecule has 4 heteroatoms. The normalized spacial score (nSPS) is 14.2. The Bertz CT molecular complexity index is 501. The maximum Gasteiger partial charge on any atom is 0.154 e. The zero-order valence-corrected chi connectivity index (χ0v) is 9.59. The summed E-state index contributed by atoms with van der Waals surface area (Å²) >= 11 is 0. The highest BCUT2D eigenvalue weighted by atomic mass is 19.1. The predicted molar refractivity (Wildman–Crippen MR) is 62.1 cm³/mol. The van der Waals surface area contributed by atoms with E-state index < -0.39 is 5.82 Å². The lowest BCUT2D eigenvalue weighted by Gasteiger charge is -2.09. The van der Waals surface area contributed by atoms with Crippen molar-refractivity contribution < 1.29 is 9.18 Å². The Labute approximate surface area is 99.2 Å². The molecule has 1 aliphatic rings. The minimum Gasteiger partial charge on any atom is -0.378 e. The van der Waals surface area contributed by atoms with E-state index in [1.807, 2.05) is 0 Å². The molecule has 2 rings (SSSR count). The van der Waals surface area contributed by atoms with Crippen molar-refractivity contribution in [1.82, 2.24) is 0 Å². The summed E-state index contributed by atoms with van der Waals surface area (Å²) in [6.45, 7) is 2.00. The van der Waals surface area contributed by atoms with Crippen molar-refractivity contribution in [3.63, 3.8) is 0 Å². The number of rotatable bonds is 4. The molecule has 0 heterocycles. The van der Waals surface area contributed by atoms with Crippen LogP contribution in [0.2, 0.25) is 0 Å². The van der Waals surface area contributed by atoms with Crippen LogP contribution in [-0.2, 0) is 4.79 Å². The monoisotopic (exact) mass is 232 g/mol. The Kier molecular flexibility index (Phi) is 3.10. The molecule has 0 radical (unpaired) electrons. The molecule has 0 atom stereocenters. The van der Waals surface area contributed by atoms with Gasteiger partial charge in [0.05, 0.1) is 12.1 Å². The number of carbonyl (C=O) groups is 1. The summed E-state index contributed by atoms with van der Waals surface area (Å²) in [5.74, 6) is -0.130. The van der Waals surface area contributed by atoms with Crippen molar-refractivity contribution in [3.05, 3.63) is 29.1 Å². The number of carbonyl (C=O) groups excluding carboxylic acids is 1. The van der Waals surface area contributed by atoms with Crippen molar-refractivity contribution in [2.45, 2.75) is 19.8 Å². The highest BCUT2D eigenvalue weighted by Gasteiger charge is 2.28. The van der Waals surface area contributed by atoms with E-state index in [0.717, 1.165) is 12.8 Å². The molecule has 17 heavy (non-hydrogen) atoms. The maximum absolute atomic E-state index is 13.3. The highest BCUT2D eigenvalue weighted by Crippen LogP contribution is 2.30. The van der Waals surface area contributed by atoms with E-state index in [9.17, 15) is 9.18 Å². The lowest BCUT2D eigenvalue weighted by Crippen LogP contribution is -2.16. The van der Waals surface area contributed by atoms with Gasteiger partial charge in [0.1, 0.15) is 11.9 Å². The first-order valence-corrected chi connectivity index (χ1v) is 5.58. The Morgan fingerprint density at radius 2 is 2.29 bits per heavy atom. The number of hydrogen-bond donors (Lipinski definition) is 1. The van der Waals surface area contributed by atoms with Crippen molar-refractivity contribution in [2.24, 2.45) is 5.92 Å². The third-order valence-electron chi connectivity index (χ3n) is 2.92. The van der Waals surface area contributed by atoms with Gasteiger partial charge < -0.3 is 5.32 Å². The van der Waals surface area contributed by atoms with Crippen LogP contribution in [0.5, 0.6) is 0 Å². The van der Waals surface area contributed by atoms with Crippen molar-refractivity contribution in [3.8, 4) is 6.07 Å². The van der Waals surface area contributed by atoms with E-state index in [4.69, 9.17) is 5.26 Å².